The molecule has 16 heavy (non-hydrogen) atoms. The molecule has 0 saturated heterocycles. The number of aryl methyl sites for hydroxylation is 1. The molecule has 1 unspecified atom stereocenters. The fraction of sp³-hybridized carbons (Fsp3) is 0.500. The van der Waals surface area contributed by atoms with Crippen molar-refractivity contribution in [1.82, 2.24) is 20.8 Å². The summed E-state index contributed by atoms with van der Waals surface area (Å²) in [5.74, 6) is 0.171. The van der Waals surface area contributed by atoms with Crippen LogP contribution in [0.1, 0.15) is 18.6 Å². The Morgan fingerprint density at radius 3 is 2.75 bits per heavy atom. The highest BCUT2D eigenvalue weighted by molar-refractivity contribution is 6.31. The molecule has 0 saturated carbocycles. The summed E-state index contributed by atoms with van der Waals surface area (Å²) < 4.78 is 4.70. The lowest BCUT2D eigenvalue weighted by Crippen LogP contribution is -2.42. The van der Waals surface area contributed by atoms with Gasteiger partial charge in [-0.25, -0.2) is 4.79 Å². The van der Waals surface area contributed by atoms with Gasteiger partial charge in [0.25, 0.3) is 0 Å². The van der Waals surface area contributed by atoms with E-state index in [0.717, 1.165) is 0 Å². The molecular formula is C8H11ClN4O3. The number of imide groups is 1. The highest BCUT2D eigenvalue weighted by Gasteiger charge is 2.13. The number of hydrogen-bond donors (Lipinski definition) is 2. The molecule has 88 valence electrons. The summed E-state index contributed by atoms with van der Waals surface area (Å²) in [6.45, 7) is 3.18. The van der Waals surface area contributed by atoms with E-state index >= 15 is 0 Å². The second kappa shape index (κ2) is 5.45. The summed E-state index contributed by atoms with van der Waals surface area (Å²) in [6.07, 6.45) is 0. The van der Waals surface area contributed by atoms with Gasteiger partial charge in [0, 0.05) is 6.92 Å². The van der Waals surface area contributed by atoms with Crippen LogP contribution in [0.3, 0.4) is 0 Å². The predicted octanol–water partition coefficient (Wildman–Crippen LogP) is 0.331. The van der Waals surface area contributed by atoms with Gasteiger partial charge in [-0.1, -0.05) is 5.16 Å². The maximum absolute atomic E-state index is 11.2. The lowest BCUT2D eigenvalue weighted by molar-refractivity contribution is -0.119. The summed E-state index contributed by atoms with van der Waals surface area (Å²) in [4.78, 5) is 26.0. The number of amides is 3. The summed E-state index contributed by atoms with van der Waals surface area (Å²) in [7, 11) is 0. The molecule has 1 aromatic rings. The van der Waals surface area contributed by atoms with Crippen molar-refractivity contribution in [3.8, 4) is 0 Å². The Morgan fingerprint density at radius 2 is 2.25 bits per heavy atom. The van der Waals surface area contributed by atoms with Crippen LogP contribution in [0.25, 0.3) is 0 Å². The van der Waals surface area contributed by atoms with Gasteiger partial charge in [0.05, 0.1) is 6.54 Å². The predicted molar refractivity (Wildman–Crippen MR) is 54.7 cm³/mol. The fourth-order valence-electron chi connectivity index (χ4n) is 0.828. The minimum absolute atomic E-state index is 0.0765. The van der Waals surface area contributed by atoms with E-state index in [2.05, 4.69) is 15.5 Å². The summed E-state index contributed by atoms with van der Waals surface area (Å²) in [5, 5.41) is 7.23. The largest absolute Gasteiger partial charge is 0.340 e. The van der Waals surface area contributed by atoms with Gasteiger partial charge in [-0.05, 0) is 6.92 Å². The number of urea groups is 1. The first-order valence-electron chi connectivity index (χ1n) is 4.51. The molecule has 3 amide bonds. The second-order valence-electron chi connectivity index (χ2n) is 3.02. The molecule has 1 heterocycles. The molecule has 0 radical (unpaired) electrons. The third-order valence-corrected chi connectivity index (χ3v) is 1.77. The first kappa shape index (κ1) is 12.4. The number of aromatic nitrogens is 2. The molecule has 0 aliphatic heterocycles. The molecule has 0 spiro atoms. The van der Waals surface area contributed by atoms with Crippen LogP contribution >= 0.6 is 11.6 Å². The summed E-state index contributed by atoms with van der Waals surface area (Å²) in [6, 6.07) is -0.653. The molecule has 1 aromatic heterocycles. The lowest BCUT2D eigenvalue weighted by atomic mass is 10.4. The standard InChI is InChI=1S/C8H11ClN4O3/c1-4(9)7(14)12-8(15)10-3-6-11-5(2)16-13-6/h4H,3H2,1-2H3,(H2,10,12,14,15). The zero-order valence-electron chi connectivity index (χ0n) is 8.78. The summed E-state index contributed by atoms with van der Waals surface area (Å²) in [5.41, 5.74) is 0. The number of nitrogens with one attached hydrogen (secondary N) is 2. The van der Waals surface area contributed by atoms with Crippen LogP contribution in [0.2, 0.25) is 0 Å². The van der Waals surface area contributed by atoms with Crippen LogP contribution in [0.5, 0.6) is 0 Å². The van der Waals surface area contributed by atoms with E-state index in [-0.39, 0.29) is 6.54 Å². The van der Waals surface area contributed by atoms with Gasteiger partial charge in [-0.15, -0.1) is 11.6 Å². The Bertz CT molecular complexity index is 390. The van der Waals surface area contributed by atoms with E-state index in [1.807, 2.05) is 5.32 Å². The Kier molecular flexibility index (Phi) is 4.24. The van der Waals surface area contributed by atoms with Crippen LogP contribution in [0, 0.1) is 6.92 Å². The van der Waals surface area contributed by atoms with Crippen LogP contribution in [-0.2, 0) is 11.3 Å². The van der Waals surface area contributed by atoms with Crippen LogP contribution < -0.4 is 10.6 Å². The molecule has 2 N–H and O–H groups in total. The molecule has 8 heteroatoms. The third-order valence-electron chi connectivity index (χ3n) is 1.57. The van der Waals surface area contributed by atoms with E-state index in [9.17, 15) is 9.59 Å². The minimum atomic E-state index is -0.766. The Labute approximate surface area is 96.5 Å². The van der Waals surface area contributed by atoms with Gasteiger partial charge in [-0.2, -0.15) is 4.98 Å². The minimum Gasteiger partial charge on any atom is -0.340 e. The number of hydrogen-bond acceptors (Lipinski definition) is 5. The Balaban J connectivity index is 2.33. The van der Waals surface area contributed by atoms with Crippen molar-refractivity contribution < 1.29 is 14.1 Å². The number of carbonyl (C=O) groups is 2. The number of alkyl halides is 1. The van der Waals surface area contributed by atoms with Crippen molar-refractivity contribution in [2.45, 2.75) is 25.8 Å². The van der Waals surface area contributed by atoms with E-state index in [0.29, 0.717) is 11.7 Å². The monoisotopic (exact) mass is 246 g/mol. The van der Waals surface area contributed by atoms with E-state index in [1.165, 1.54) is 6.92 Å². The van der Waals surface area contributed by atoms with Crippen molar-refractivity contribution >= 4 is 23.5 Å². The first-order chi connectivity index (χ1) is 7.49. The first-order valence-corrected chi connectivity index (χ1v) is 4.94. The van der Waals surface area contributed by atoms with Crippen molar-refractivity contribution in [3.63, 3.8) is 0 Å². The fourth-order valence-corrected chi connectivity index (χ4v) is 0.883. The van der Waals surface area contributed by atoms with Crippen molar-refractivity contribution in [2.75, 3.05) is 0 Å². The van der Waals surface area contributed by atoms with Gasteiger partial charge in [-0.3, -0.25) is 10.1 Å². The molecule has 1 rings (SSSR count). The van der Waals surface area contributed by atoms with Gasteiger partial charge in [0.1, 0.15) is 5.38 Å². The van der Waals surface area contributed by atoms with Crippen molar-refractivity contribution in [2.24, 2.45) is 0 Å². The van der Waals surface area contributed by atoms with Crippen LogP contribution in [0.15, 0.2) is 4.52 Å². The SMILES string of the molecule is Cc1nc(CNC(=O)NC(=O)C(C)Cl)no1. The maximum Gasteiger partial charge on any atom is 0.321 e. The zero-order chi connectivity index (χ0) is 12.1. The maximum atomic E-state index is 11.2. The smallest absolute Gasteiger partial charge is 0.321 e. The van der Waals surface area contributed by atoms with Gasteiger partial charge in [0.15, 0.2) is 5.82 Å². The highest BCUT2D eigenvalue weighted by Crippen LogP contribution is 1.94. The van der Waals surface area contributed by atoms with E-state index in [1.54, 1.807) is 6.92 Å². The number of rotatable bonds is 3. The number of halogens is 1. The molecule has 0 fully saturated rings. The van der Waals surface area contributed by atoms with E-state index < -0.39 is 17.3 Å². The zero-order valence-corrected chi connectivity index (χ0v) is 9.54. The van der Waals surface area contributed by atoms with Crippen molar-refractivity contribution in [1.29, 1.82) is 0 Å². The molecule has 1 atom stereocenters. The normalized spacial score (nSPS) is 11.9. The molecular weight excluding hydrogens is 236 g/mol. The average Bonchev–Trinajstić information content (AvgIpc) is 2.61. The Morgan fingerprint density at radius 1 is 1.56 bits per heavy atom. The van der Waals surface area contributed by atoms with E-state index in [4.69, 9.17) is 16.1 Å². The number of nitrogens with zero attached hydrogens (tertiary/aromatic N) is 2. The lowest BCUT2D eigenvalue weighted by Gasteiger charge is -2.05. The van der Waals surface area contributed by atoms with Gasteiger partial charge < -0.3 is 9.84 Å². The van der Waals surface area contributed by atoms with Gasteiger partial charge in [0.2, 0.25) is 11.8 Å². The number of carbonyl (C=O) groups excluding carboxylic acids is 2. The third kappa shape index (κ3) is 3.85. The highest BCUT2D eigenvalue weighted by atomic mass is 35.5. The topological polar surface area (TPSA) is 97.1 Å². The van der Waals surface area contributed by atoms with Crippen molar-refractivity contribution in [3.05, 3.63) is 11.7 Å². The molecule has 0 bridgehead atoms. The molecule has 7 nitrogen and oxygen atoms in total. The molecule has 0 aromatic carbocycles. The van der Waals surface area contributed by atoms with Gasteiger partial charge >= 0.3 is 6.03 Å². The average molecular weight is 247 g/mol. The quantitative estimate of drug-likeness (QED) is 0.749. The molecule has 0 aliphatic carbocycles. The van der Waals surface area contributed by atoms with Crippen LogP contribution in [-0.4, -0.2) is 27.5 Å². The summed E-state index contributed by atoms with van der Waals surface area (Å²) >= 11 is 5.46. The Hall–Kier alpha value is -1.63. The molecule has 0 aliphatic rings. The van der Waals surface area contributed by atoms with Crippen LogP contribution in [0.4, 0.5) is 4.79 Å². The second-order valence-corrected chi connectivity index (χ2v) is 3.67.